The minimum Gasteiger partial charge on any atom is -0.493 e. The van der Waals surface area contributed by atoms with Crippen LogP contribution in [0.1, 0.15) is 12.5 Å². The van der Waals surface area contributed by atoms with Gasteiger partial charge in [-0.15, -0.1) is 5.53 Å². The van der Waals surface area contributed by atoms with Gasteiger partial charge in [-0.1, -0.05) is 30.3 Å². The van der Waals surface area contributed by atoms with Gasteiger partial charge in [0.25, 0.3) is 5.56 Å². The van der Waals surface area contributed by atoms with E-state index < -0.39 is 5.97 Å². The van der Waals surface area contributed by atoms with Crippen molar-refractivity contribution in [3.05, 3.63) is 58.4 Å². The fraction of sp³-hybridized carbons (Fsp3) is 0.150. The average molecular weight is 393 g/mol. The fourth-order valence-corrected chi connectivity index (χ4v) is 3.12. The van der Waals surface area contributed by atoms with Crippen LogP contribution in [0.5, 0.6) is 5.75 Å². The number of benzene rings is 2. The third kappa shape index (κ3) is 3.76. The highest BCUT2D eigenvalue weighted by Crippen LogP contribution is 2.33. The SMILES string of the molecule is CCOc1cc(-c2ccc(CC(=O)O)cc2)ccc1-c1nc2c(c(=O)[nH]1)NNN2. The lowest BCUT2D eigenvalue weighted by Crippen LogP contribution is -2.21. The quantitative estimate of drug-likeness (QED) is 0.432. The molecule has 9 nitrogen and oxygen atoms in total. The van der Waals surface area contributed by atoms with Crippen LogP contribution in [0.15, 0.2) is 47.3 Å². The molecule has 0 atom stereocenters. The molecule has 1 aliphatic heterocycles. The number of anilines is 2. The van der Waals surface area contributed by atoms with E-state index in [2.05, 4.69) is 26.4 Å². The summed E-state index contributed by atoms with van der Waals surface area (Å²) in [5, 5.41) is 8.91. The largest absolute Gasteiger partial charge is 0.493 e. The fourth-order valence-electron chi connectivity index (χ4n) is 3.12. The number of carboxylic acid groups (broad SMARTS) is 1. The number of hydrogen-bond acceptors (Lipinski definition) is 7. The maximum atomic E-state index is 12.3. The van der Waals surface area contributed by atoms with E-state index in [1.807, 2.05) is 37.3 Å². The molecule has 0 radical (unpaired) electrons. The maximum Gasteiger partial charge on any atom is 0.307 e. The summed E-state index contributed by atoms with van der Waals surface area (Å²) in [6.07, 6.45) is -0.0154. The van der Waals surface area contributed by atoms with Gasteiger partial charge in [0.05, 0.1) is 18.6 Å². The summed E-state index contributed by atoms with van der Waals surface area (Å²) in [6.45, 7) is 2.33. The number of ether oxygens (including phenoxy) is 1. The zero-order valence-electron chi connectivity index (χ0n) is 15.6. The Morgan fingerprint density at radius 3 is 2.59 bits per heavy atom. The standard InChI is InChI=1S/C20H19N5O4/c1-2-29-15-10-13(12-5-3-11(4-6-12)9-16(26)27)7-8-14(15)18-21-19-17(20(28)22-18)23-25-24-19/h3-8,10,23,25H,2,9H2,1H3,(H,26,27)(H2,21,22,24,28). The van der Waals surface area contributed by atoms with Crippen LogP contribution in [-0.4, -0.2) is 27.7 Å². The number of aromatic nitrogens is 2. The number of aromatic amines is 1. The van der Waals surface area contributed by atoms with Gasteiger partial charge in [0.2, 0.25) is 0 Å². The zero-order valence-corrected chi connectivity index (χ0v) is 15.6. The predicted octanol–water partition coefficient (Wildman–Crippen LogP) is 2.39. The van der Waals surface area contributed by atoms with Crippen molar-refractivity contribution in [1.29, 1.82) is 0 Å². The summed E-state index contributed by atoms with van der Waals surface area (Å²) in [5.41, 5.74) is 11.4. The molecule has 0 bridgehead atoms. The normalized spacial score (nSPS) is 12.0. The van der Waals surface area contributed by atoms with E-state index in [9.17, 15) is 9.59 Å². The van der Waals surface area contributed by atoms with Crippen molar-refractivity contribution in [2.45, 2.75) is 13.3 Å². The molecule has 5 N–H and O–H groups in total. The summed E-state index contributed by atoms with van der Waals surface area (Å²) in [5.74, 6) is 0.515. The highest BCUT2D eigenvalue weighted by Gasteiger charge is 2.19. The van der Waals surface area contributed by atoms with Gasteiger partial charge in [0.15, 0.2) is 11.5 Å². The van der Waals surface area contributed by atoms with E-state index >= 15 is 0 Å². The van der Waals surface area contributed by atoms with Crippen molar-refractivity contribution in [1.82, 2.24) is 15.5 Å². The predicted molar refractivity (Wildman–Crippen MR) is 109 cm³/mol. The molecule has 0 fully saturated rings. The number of fused-ring (bicyclic) bond motifs is 1. The summed E-state index contributed by atoms with van der Waals surface area (Å²) < 4.78 is 5.80. The smallest absolute Gasteiger partial charge is 0.307 e. The molecule has 0 spiro atoms. The van der Waals surface area contributed by atoms with E-state index in [1.54, 1.807) is 12.1 Å². The van der Waals surface area contributed by atoms with Gasteiger partial charge in [0.1, 0.15) is 11.6 Å². The second kappa shape index (κ2) is 7.64. The Morgan fingerprint density at radius 2 is 1.86 bits per heavy atom. The van der Waals surface area contributed by atoms with Gasteiger partial charge in [-0.25, -0.2) is 4.98 Å². The molecule has 0 saturated heterocycles. The average Bonchev–Trinajstić information content (AvgIpc) is 3.18. The maximum absolute atomic E-state index is 12.3. The number of H-pyrrole nitrogens is 1. The monoisotopic (exact) mass is 393 g/mol. The minimum absolute atomic E-state index is 0.0154. The summed E-state index contributed by atoms with van der Waals surface area (Å²) in [7, 11) is 0. The first-order chi connectivity index (χ1) is 14.0. The highest BCUT2D eigenvalue weighted by molar-refractivity contribution is 5.76. The van der Waals surface area contributed by atoms with Gasteiger partial charge >= 0.3 is 5.97 Å². The van der Waals surface area contributed by atoms with Crippen molar-refractivity contribution in [2.24, 2.45) is 0 Å². The first-order valence-corrected chi connectivity index (χ1v) is 9.05. The third-order valence-corrected chi connectivity index (χ3v) is 4.47. The molecular weight excluding hydrogens is 374 g/mol. The van der Waals surface area contributed by atoms with Crippen LogP contribution in [-0.2, 0) is 11.2 Å². The van der Waals surface area contributed by atoms with Crippen molar-refractivity contribution in [3.63, 3.8) is 0 Å². The third-order valence-electron chi connectivity index (χ3n) is 4.47. The summed E-state index contributed by atoms with van der Waals surface area (Å²) >= 11 is 0. The van der Waals surface area contributed by atoms with Gasteiger partial charge < -0.3 is 14.8 Å². The molecular formula is C20H19N5O4. The van der Waals surface area contributed by atoms with Crippen LogP contribution in [0, 0.1) is 0 Å². The highest BCUT2D eigenvalue weighted by atomic mass is 16.5. The Morgan fingerprint density at radius 1 is 1.10 bits per heavy atom. The Kier molecular flexibility index (Phi) is 4.88. The number of aliphatic carboxylic acids is 1. The van der Waals surface area contributed by atoms with Crippen molar-refractivity contribution < 1.29 is 14.6 Å². The lowest BCUT2D eigenvalue weighted by atomic mass is 10.0. The van der Waals surface area contributed by atoms with Crippen LogP contribution in [0.25, 0.3) is 22.5 Å². The van der Waals surface area contributed by atoms with E-state index in [0.29, 0.717) is 35.2 Å². The Balaban J connectivity index is 1.72. The van der Waals surface area contributed by atoms with E-state index in [1.165, 1.54) is 0 Å². The molecule has 0 amide bonds. The topological polar surface area (TPSA) is 128 Å². The molecule has 1 aromatic heterocycles. The molecule has 3 aromatic rings. The molecule has 0 aliphatic carbocycles. The van der Waals surface area contributed by atoms with E-state index in [4.69, 9.17) is 9.84 Å². The Labute approximate surface area is 165 Å². The molecule has 2 heterocycles. The Bertz CT molecular complexity index is 1120. The number of hydrogen-bond donors (Lipinski definition) is 5. The molecule has 29 heavy (non-hydrogen) atoms. The van der Waals surface area contributed by atoms with Gasteiger partial charge in [-0.05, 0) is 35.7 Å². The number of nitrogens with one attached hydrogen (secondary N) is 4. The number of carboxylic acids is 1. The van der Waals surface area contributed by atoms with Gasteiger partial charge in [-0.3, -0.25) is 20.4 Å². The molecule has 0 saturated carbocycles. The van der Waals surface area contributed by atoms with Crippen LogP contribution < -0.4 is 26.7 Å². The molecule has 2 aromatic carbocycles. The van der Waals surface area contributed by atoms with Crippen molar-refractivity contribution >= 4 is 17.5 Å². The number of rotatable bonds is 6. The van der Waals surface area contributed by atoms with Crippen molar-refractivity contribution in [2.75, 3.05) is 17.5 Å². The van der Waals surface area contributed by atoms with Crippen LogP contribution >= 0.6 is 0 Å². The zero-order chi connectivity index (χ0) is 20.4. The summed E-state index contributed by atoms with van der Waals surface area (Å²) in [6, 6.07) is 13.0. The number of hydrazine groups is 2. The van der Waals surface area contributed by atoms with Gasteiger partial charge in [-0.2, -0.15) is 0 Å². The molecule has 9 heteroatoms. The van der Waals surface area contributed by atoms with Crippen LogP contribution in [0.3, 0.4) is 0 Å². The lowest BCUT2D eigenvalue weighted by Gasteiger charge is -2.13. The van der Waals surface area contributed by atoms with Crippen LogP contribution in [0.2, 0.25) is 0 Å². The lowest BCUT2D eigenvalue weighted by molar-refractivity contribution is -0.136. The Hall–Kier alpha value is -3.85. The first kappa shape index (κ1) is 18.5. The second-order valence-electron chi connectivity index (χ2n) is 6.42. The molecule has 1 aliphatic rings. The minimum atomic E-state index is -0.864. The van der Waals surface area contributed by atoms with Crippen LogP contribution in [0.4, 0.5) is 11.5 Å². The summed E-state index contributed by atoms with van der Waals surface area (Å²) in [4.78, 5) is 30.3. The van der Waals surface area contributed by atoms with Crippen molar-refractivity contribution in [3.8, 4) is 28.3 Å². The second-order valence-corrected chi connectivity index (χ2v) is 6.42. The first-order valence-electron chi connectivity index (χ1n) is 9.05. The number of carbonyl (C=O) groups is 1. The number of nitrogens with zero attached hydrogens (tertiary/aromatic N) is 1. The molecule has 148 valence electrons. The molecule has 4 rings (SSSR count). The van der Waals surface area contributed by atoms with Gasteiger partial charge in [0, 0.05) is 0 Å². The van der Waals surface area contributed by atoms with E-state index in [-0.39, 0.29) is 12.0 Å². The molecule has 0 unspecified atom stereocenters. The van der Waals surface area contributed by atoms with E-state index in [0.717, 1.165) is 16.7 Å².